The third-order valence-electron chi connectivity index (χ3n) is 4.59. The van der Waals surface area contributed by atoms with Gasteiger partial charge in [0.25, 0.3) is 0 Å². The average molecular weight is 316 g/mol. The van der Waals surface area contributed by atoms with Gasteiger partial charge in [0.2, 0.25) is 0 Å². The van der Waals surface area contributed by atoms with E-state index in [0.717, 1.165) is 19.5 Å². The van der Waals surface area contributed by atoms with E-state index in [-0.39, 0.29) is 0 Å². The topological polar surface area (TPSA) is 3.24 Å². The van der Waals surface area contributed by atoms with Crippen molar-refractivity contribution in [3.63, 3.8) is 0 Å². The van der Waals surface area contributed by atoms with Crippen molar-refractivity contribution in [2.75, 3.05) is 13.1 Å². The van der Waals surface area contributed by atoms with Crippen molar-refractivity contribution in [3.05, 3.63) is 48.7 Å². The fraction of sp³-hybridized carbons (Fsp3) is 0.636. The van der Waals surface area contributed by atoms with Gasteiger partial charge < -0.3 is 4.90 Å². The Hall–Kier alpha value is -1.24. The molecule has 0 aliphatic heterocycles. The first kappa shape index (κ1) is 19.8. The fourth-order valence-corrected chi connectivity index (χ4v) is 3.01. The molecular weight excluding hydrogens is 278 g/mol. The summed E-state index contributed by atoms with van der Waals surface area (Å²) in [5, 5.41) is 0. The van der Waals surface area contributed by atoms with Crippen LogP contribution in [0.15, 0.2) is 43.1 Å². The average Bonchev–Trinajstić information content (AvgIpc) is 2.60. The van der Waals surface area contributed by atoms with E-state index in [4.69, 9.17) is 0 Å². The maximum Gasteiger partial charge on any atom is 0.0212 e. The third kappa shape index (κ3) is 11.0. The highest BCUT2D eigenvalue weighted by molar-refractivity contribution is 5.14. The van der Waals surface area contributed by atoms with Gasteiger partial charge in [-0.05, 0) is 24.6 Å². The molecule has 130 valence electrons. The van der Waals surface area contributed by atoms with Gasteiger partial charge in [-0.1, -0.05) is 102 Å². The lowest BCUT2D eigenvalue weighted by Crippen LogP contribution is -2.21. The summed E-state index contributed by atoms with van der Waals surface area (Å²) in [7, 11) is 0. The van der Waals surface area contributed by atoms with Crippen LogP contribution in [0.5, 0.6) is 0 Å². The zero-order valence-electron chi connectivity index (χ0n) is 15.3. The summed E-state index contributed by atoms with van der Waals surface area (Å²) in [5.74, 6) is 0. The first-order valence-corrected chi connectivity index (χ1v) is 9.77. The molecule has 0 aliphatic rings. The Bertz CT molecular complexity index is 371. The van der Waals surface area contributed by atoms with E-state index >= 15 is 0 Å². The van der Waals surface area contributed by atoms with E-state index in [9.17, 15) is 0 Å². The molecule has 0 fully saturated rings. The van der Waals surface area contributed by atoms with E-state index in [1.54, 1.807) is 0 Å². The van der Waals surface area contributed by atoms with Crippen LogP contribution in [0.25, 0.3) is 0 Å². The van der Waals surface area contributed by atoms with Crippen LogP contribution in [-0.4, -0.2) is 18.0 Å². The second-order valence-electron chi connectivity index (χ2n) is 6.64. The number of benzene rings is 1. The van der Waals surface area contributed by atoms with Crippen LogP contribution >= 0.6 is 0 Å². The lowest BCUT2D eigenvalue weighted by molar-refractivity contribution is 0.366. The molecule has 0 aliphatic carbocycles. The summed E-state index contributed by atoms with van der Waals surface area (Å²) >= 11 is 0. The largest absolute Gasteiger partial charge is 0.378 e. The fourth-order valence-electron chi connectivity index (χ4n) is 3.01. The van der Waals surface area contributed by atoms with Gasteiger partial charge in [-0.15, -0.1) is 0 Å². The van der Waals surface area contributed by atoms with Crippen molar-refractivity contribution in [1.82, 2.24) is 4.90 Å². The molecule has 0 spiro atoms. The van der Waals surface area contributed by atoms with Gasteiger partial charge in [-0.25, -0.2) is 0 Å². The number of nitrogens with zero attached hydrogens (tertiary/aromatic N) is 1. The van der Waals surface area contributed by atoms with Gasteiger partial charge in [0.15, 0.2) is 0 Å². The van der Waals surface area contributed by atoms with Crippen molar-refractivity contribution in [3.8, 4) is 0 Å². The molecule has 1 rings (SSSR count). The van der Waals surface area contributed by atoms with Crippen LogP contribution in [0.1, 0.15) is 76.7 Å². The monoisotopic (exact) mass is 315 g/mol. The van der Waals surface area contributed by atoms with Gasteiger partial charge in [0.1, 0.15) is 0 Å². The molecule has 1 nitrogen and oxygen atoms in total. The molecular formula is C22H37N. The smallest absolute Gasteiger partial charge is 0.0212 e. The molecule has 0 unspecified atom stereocenters. The summed E-state index contributed by atoms with van der Waals surface area (Å²) < 4.78 is 0. The minimum atomic E-state index is 1.09. The van der Waals surface area contributed by atoms with Gasteiger partial charge >= 0.3 is 0 Å². The predicted molar refractivity (Wildman–Crippen MR) is 104 cm³/mol. The lowest BCUT2D eigenvalue weighted by atomic mass is 10.1. The maximum atomic E-state index is 3.96. The van der Waals surface area contributed by atoms with Crippen LogP contribution in [-0.2, 0) is 6.42 Å². The normalized spacial score (nSPS) is 10.7. The minimum Gasteiger partial charge on any atom is -0.378 e. The summed E-state index contributed by atoms with van der Waals surface area (Å²) in [4.78, 5) is 2.37. The summed E-state index contributed by atoms with van der Waals surface area (Å²) in [6, 6.07) is 10.7. The minimum absolute atomic E-state index is 1.09. The number of unbranched alkanes of at least 4 members (excludes halogenated alkanes) is 9. The Morgan fingerprint density at radius 1 is 0.783 bits per heavy atom. The zero-order chi connectivity index (χ0) is 16.6. The molecule has 1 aromatic carbocycles. The number of hydrogen-bond donors (Lipinski definition) is 0. The van der Waals surface area contributed by atoms with Crippen LogP contribution in [0.2, 0.25) is 0 Å². The second-order valence-corrected chi connectivity index (χ2v) is 6.64. The molecule has 0 heterocycles. The van der Waals surface area contributed by atoms with Gasteiger partial charge in [0.05, 0.1) is 0 Å². The summed E-state index contributed by atoms with van der Waals surface area (Å²) in [6.45, 7) is 8.49. The molecule has 0 bridgehead atoms. The quantitative estimate of drug-likeness (QED) is 0.330. The van der Waals surface area contributed by atoms with E-state index in [1.807, 2.05) is 6.20 Å². The third-order valence-corrected chi connectivity index (χ3v) is 4.59. The van der Waals surface area contributed by atoms with E-state index in [2.05, 4.69) is 48.7 Å². The standard InChI is InChI=1S/C22H37N/c1-3-5-6-7-8-9-10-11-12-16-20-23(4-2)21-19-22-17-14-13-15-18-22/h4,13-15,17-18H,2-3,5-12,16,19-21H2,1H3. The van der Waals surface area contributed by atoms with Gasteiger partial charge in [-0.2, -0.15) is 0 Å². The van der Waals surface area contributed by atoms with Crippen molar-refractivity contribution < 1.29 is 0 Å². The molecule has 0 atom stereocenters. The van der Waals surface area contributed by atoms with Gasteiger partial charge in [-0.3, -0.25) is 0 Å². The number of rotatable bonds is 15. The Morgan fingerprint density at radius 2 is 1.35 bits per heavy atom. The van der Waals surface area contributed by atoms with Crippen LogP contribution < -0.4 is 0 Å². The van der Waals surface area contributed by atoms with Crippen LogP contribution in [0.3, 0.4) is 0 Å². The zero-order valence-corrected chi connectivity index (χ0v) is 15.3. The van der Waals surface area contributed by atoms with Gasteiger partial charge in [0, 0.05) is 13.1 Å². The molecule has 23 heavy (non-hydrogen) atoms. The molecule has 0 amide bonds. The first-order valence-electron chi connectivity index (χ1n) is 9.77. The maximum absolute atomic E-state index is 3.96. The van der Waals surface area contributed by atoms with Crippen molar-refractivity contribution in [2.45, 2.75) is 77.6 Å². The lowest BCUT2D eigenvalue weighted by Gasteiger charge is -2.19. The molecule has 0 saturated carbocycles. The highest BCUT2D eigenvalue weighted by Gasteiger charge is 2.00. The Balaban J connectivity index is 1.95. The van der Waals surface area contributed by atoms with Crippen LogP contribution in [0.4, 0.5) is 0 Å². The van der Waals surface area contributed by atoms with Crippen molar-refractivity contribution in [1.29, 1.82) is 0 Å². The van der Waals surface area contributed by atoms with Crippen molar-refractivity contribution in [2.24, 2.45) is 0 Å². The first-order chi connectivity index (χ1) is 11.4. The molecule has 0 saturated heterocycles. The Kier molecular flexibility index (Phi) is 12.4. The molecule has 0 N–H and O–H groups in total. The SMILES string of the molecule is C=CN(CCCCCCCCCCCC)CCc1ccccc1. The highest BCUT2D eigenvalue weighted by Crippen LogP contribution is 2.11. The summed E-state index contributed by atoms with van der Waals surface area (Å²) in [5.41, 5.74) is 1.42. The van der Waals surface area contributed by atoms with E-state index in [0.29, 0.717) is 0 Å². The molecule has 1 heteroatoms. The Labute approximate surface area is 144 Å². The highest BCUT2D eigenvalue weighted by atomic mass is 15.1. The molecule has 0 aromatic heterocycles. The van der Waals surface area contributed by atoms with Crippen molar-refractivity contribution >= 4 is 0 Å². The van der Waals surface area contributed by atoms with E-state index in [1.165, 1.54) is 69.8 Å². The van der Waals surface area contributed by atoms with E-state index < -0.39 is 0 Å². The summed E-state index contributed by atoms with van der Waals surface area (Å²) in [6.07, 6.45) is 17.1. The molecule has 1 aromatic rings. The Morgan fingerprint density at radius 3 is 1.91 bits per heavy atom. The number of hydrogen-bond acceptors (Lipinski definition) is 1. The van der Waals surface area contributed by atoms with Crippen LogP contribution in [0, 0.1) is 0 Å². The second kappa shape index (κ2) is 14.4. The molecule has 0 radical (unpaired) electrons. The predicted octanol–water partition coefficient (Wildman–Crippen LogP) is 6.60.